The van der Waals surface area contributed by atoms with Crippen LogP contribution in [0, 0.1) is 0 Å². The highest BCUT2D eigenvalue weighted by atomic mass is 16.5. The van der Waals surface area contributed by atoms with Crippen LogP contribution < -0.4 is 5.32 Å². The maximum absolute atomic E-state index is 12.4. The Morgan fingerprint density at radius 1 is 1.13 bits per heavy atom. The average Bonchev–Trinajstić information content (AvgIpc) is 3.12. The van der Waals surface area contributed by atoms with E-state index < -0.39 is 0 Å². The molecule has 0 spiro atoms. The van der Waals surface area contributed by atoms with Gasteiger partial charge >= 0.3 is 0 Å². The van der Waals surface area contributed by atoms with Crippen molar-refractivity contribution in [1.29, 1.82) is 0 Å². The molecule has 116 valence electrons. The fourth-order valence-corrected chi connectivity index (χ4v) is 3.20. The van der Waals surface area contributed by atoms with E-state index in [1.54, 1.807) is 0 Å². The Hall–Kier alpha value is -2.59. The number of hydrogen-bond acceptors (Lipinski definition) is 3. The molecule has 4 nitrogen and oxygen atoms in total. The smallest absolute Gasteiger partial charge is 0.260 e. The number of para-hydroxylation sites is 1. The van der Waals surface area contributed by atoms with E-state index in [2.05, 4.69) is 11.4 Å². The van der Waals surface area contributed by atoms with Crippen LogP contribution in [0.3, 0.4) is 0 Å². The number of aryl methyl sites for hydroxylation is 1. The molecule has 0 atom stereocenters. The van der Waals surface area contributed by atoms with Gasteiger partial charge in [0.1, 0.15) is 12.4 Å². The van der Waals surface area contributed by atoms with Gasteiger partial charge in [-0.15, -0.1) is 0 Å². The summed E-state index contributed by atoms with van der Waals surface area (Å²) in [4.78, 5) is 12.4. The number of carbonyl (C=O) groups is 1. The number of fused-ring (bicyclic) bond motifs is 2. The summed E-state index contributed by atoms with van der Waals surface area (Å²) < 4.78 is 5.86. The number of anilines is 1. The van der Waals surface area contributed by atoms with E-state index in [1.165, 1.54) is 5.56 Å². The van der Waals surface area contributed by atoms with Crippen LogP contribution in [0.5, 0.6) is 0 Å². The Labute approximate surface area is 134 Å². The molecule has 23 heavy (non-hydrogen) atoms. The summed E-state index contributed by atoms with van der Waals surface area (Å²) in [5.41, 5.74) is 5.60. The van der Waals surface area contributed by atoms with Gasteiger partial charge in [0.25, 0.3) is 5.91 Å². The van der Waals surface area contributed by atoms with Crippen molar-refractivity contribution in [1.82, 2.24) is 0 Å². The summed E-state index contributed by atoms with van der Waals surface area (Å²) in [6, 6.07) is 13.8. The average molecular weight is 307 g/mol. The predicted octanol–water partition coefficient (Wildman–Crippen LogP) is 2.96. The third-order valence-corrected chi connectivity index (χ3v) is 4.31. The van der Waals surface area contributed by atoms with Crippen LogP contribution in [0.15, 0.2) is 42.5 Å². The van der Waals surface area contributed by atoms with Gasteiger partial charge in [-0.2, -0.15) is 0 Å². The van der Waals surface area contributed by atoms with Gasteiger partial charge in [-0.3, -0.25) is 4.79 Å². The van der Waals surface area contributed by atoms with Crippen molar-refractivity contribution < 1.29 is 14.6 Å². The quantitative estimate of drug-likeness (QED) is 0.857. The Kier molecular flexibility index (Phi) is 3.39. The topological polar surface area (TPSA) is 58.6 Å². The number of carbonyl (C=O) groups excluding carboxylic acids is 1. The summed E-state index contributed by atoms with van der Waals surface area (Å²) in [6.07, 6.45) is 1.60. The first-order valence-corrected chi connectivity index (χ1v) is 7.79. The molecule has 1 amide bonds. The molecule has 0 saturated heterocycles. The van der Waals surface area contributed by atoms with E-state index in [1.807, 2.05) is 36.4 Å². The summed E-state index contributed by atoms with van der Waals surface area (Å²) in [5.74, 6) is 0.551. The van der Waals surface area contributed by atoms with E-state index in [9.17, 15) is 4.79 Å². The highest BCUT2D eigenvalue weighted by Crippen LogP contribution is 2.41. The van der Waals surface area contributed by atoms with E-state index >= 15 is 0 Å². The lowest BCUT2D eigenvalue weighted by molar-refractivity contribution is -0.110. The Bertz CT molecular complexity index is 823. The lowest BCUT2D eigenvalue weighted by Gasteiger charge is -2.05. The molecule has 2 aliphatic rings. The SMILES string of the molecule is O=C1Nc2ccccc2C1=C1OCc2cc(CCCO)ccc21. The number of ether oxygens (including phenoxy) is 1. The predicted molar refractivity (Wildman–Crippen MR) is 88.5 cm³/mol. The minimum atomic E-state index is -0.113. The summed E-state index contributed by atoms with van der Waals surface area (Å²) in [6.45, 7) is 0.677. The molecule has 0 aromatic heterocycles. The number of nitrogens with one attached hydrogen (secondary N) is 1. The number of amides is 1. The minimum Gasteiger partial charge on any atom is -0.487 e. The minimum absolute atomic E-state index is 0.113. The molecule has 2 aromatic rings. The molecule has 2 aliphatic heterocycles. The largest absolute Gasteiger partial charge is 0.487 e. The highest BCUT2D eigenvalue weighted by molar-refractivity contribution is 6.36. The molecule has 2 aromatic carbocycles. The maximum atomic E-state index is 12.4. The fraction of sp³-hybridized carbons (Fsp3) is 0.211. The van der Waals surface area contributed by atoms with Gasteiger partial charge in [0.05, 0.1) is 5.57 Å². The third-order valence-electron chi connectivity index (χ3n) is 4.31. The lowest BCUT2D eigenvalue weighted by atomic mass is 9.98. The van der Waals surface area contributed by atoms with E-state index in [4.69, 9.17) is 9.84 Å². The van der Waals surface area contributed by atoms with Gasteiger partial charge in [-0.1, -0.05) is 36.4 Å². The van der Waals surface area contributed by atoms with Crippen molar-refractivity contribution in [2.75, 3.05) is 11.9 Å². The first-order valence-electron chi connectivity index (χ1n) is 7.79. The number of aliphatic hydroxyl groups is 1. The zero-order valence-corrected chi connectivity index (χ0v) is 12.6. The van der Waals surface area contributed by atoms with Crippen molar-refractivity contribution in [2.45, 2.75) is 19.4 Å². The zero-order valence-electron chi connectivity index (χ0n) is 12.6. The second kappa shape index (κ2) is 5.56. The van der Waals surface area contributed by atoms with Crippen molar-refractivity contribution in [3.8, 4) is 0 Å². The van der Waals surface area contributed by atoms with Crippen molar-refractivity contribution in [3.05, 3.63) is 64.7 Å². The van der Waals surface area contributed by atoms with E-state index in [0.29, 0.717) is 17.9 Å². The van der Waals surface area contributed by atoms with Crippen molar-refractivity contribution in [3.63, 3.8) is 0 Å². The first-order chi connectivity index (χ1) is 11.3. The molecule has 0 bridgehead atoms. The molecule has 4 heteroatoms. The Morgan fingerprint density at radius 2 is 2.00 bits per heavy atom. The van der Waals surface area contributed by atoms with Gasteiger partial charge < -0.3 is 15.2 Å². The standard InChI is InChI=1S/C19H17NO3/c21-9-3-4-12-7-8-14-13(10-12)11-23-18(14)17-15-5-1-2-6-16(15)20-19(17)22/h1-2,5-8,10,21H,3-4,9,11H2,(H,20,22). The van der Waals surface area contributed by atoms with Crippen molar-refractivity contribution >= 4 is 22.9 Å². The lowest BCUT2D eigenvalue weighted by Crippen LogP contribution is -2.05. The summed E-state index contributed by atoms with van der Waals surface area (Å²) >= 11 is 0. The second-order valence-electron chi connectivity index (χ2n) is 5.81. The van der Waals surface area contributed by atoms with E-state index in [0.717, 1.165) is 35.2 Å². The number of benzene rings is 2. The van der Waals surface area contributed by atoms with Crippen LogP contribution in [0.1, 0.15) is 28.7 Å². The van der Waals surface area contributed by atoms with Crippen LogP contribution in [0.2, 0.25) is 0 Å². The van der Waals surface area contributed by atoms with Gasteiger partial charge in [0.15, 0.2) is 0 Å². The maximum Gasteiger partial charge on any atom is 0.260 e. The molecule has 0 aliphatic carbocycles. The molecule has 0 saturated carbocycles. The molecule has 0 unspecified atom stereocenters. The Balaban J connectivity index is 1.78. The van der Waals surface area contributed by atoms with Crippen molar-refractivity contribution in [2.24, 2.45) is 0 Å². The number of aliphatic hydroxyl groups excluding tert-OH is 1. The van der Waals surface area contributed by atoms with Crippen LogP contribution in [-0.2, 0) is 22.6 Å². The van der Waals surface area contributed by atoms with Gasteiger partial charge in [-0.25, -0.2) is 0 Å². The normalized spacial score (nSPS) is 18.4. The highest BCUT2D eigenvalue weighted by Gasteiger charge is 2.32. The van der Waals surface area contributed by atoms with Crippen LogP contribution in [-0.4, -0.2) is 17.6 Å². The second-order valence-corrected chi connectivity index (χ2v) is 5.81. The van der Waals surface area contributed by atoms with Gasteiger partial charge in [-0.05, 0) is 24.5 Å². The van der Waals surface area contributed by atoms with Crippen LogP contribution >= 0.6 is 0 Å². The Morgan fingerprint density at radius 3 is 2.87 bits per heavy atom. The molecular weight excluding hydrogens is 290 g/mol. The van der Waals surface area contributed by atoms with E-state index in [-0.39, 0.29) is 12.5 Å². The van der Waals surface area contributed by atoms with Gasteiger partial charge in [0.2, 0.25) is 0 Å². The zero-order chi connectivity index (χ0) is 15.8. The molecule has 4 rings (SSSR count). The molecule has 2 N–H and O–H groups in total. The molecule has 0 fully saturated rings. The molecular formula is C19H17NO3. The fourth-order valence-electron chi connectivity index (χ4n) is 3.20. The summed E-state index contributed by atoms with van der Waals surface area (Å²) in [5, 5.41) is 11.8. The molecule has 0 radical (unpaired) electrons. The monoisotopic (exact) mass is 307 g/mol. The molecule has 2 heterocycles. The van der Waals surface area contributed by atoms with Gasteiger partial charge in [0, 0.05) is 29.0 Å². The third kappa shape index (κ3) is 2.32. The number of rotatable bonds is 3. The first kappa shape index (κ1) is 14.0. The van der Waals surface area contributed by atoms with Crippen LogP contribution in [0.4, 0.5) is 5.69 Å². The van der Waals surface area contributed by atoms with Crippen LogP contribution in [0.25, 0.3) is 11.3 Å². The summed E-state index contributed by atoms with van der Waals surface area (Å²) in [7, 11) is 0. The number of hydrogen-bond donors (Lipinski definition) is 2.